The van der Waals surface area contributed by atoms with Crippen molar-refractivity contribution in [3.8, 4) is 5.75 Å². The number of Topliss-reactive ketones (excluding diaryl/α,β-unsaturated/α-hetero) is 1. The Balaban J connectivity index is 1.24. The summed E-state index contributed by atoms with van der Waals surface area (Å²) in [7, 11) is -3.67. The number of hydrogen-bond donors (Lipinski definition) is 3. The summed E-state index contributed by atoms with van der Waals surface area (Å²) in [5, 5.41) is 6.15. The van der Waals surface area contributed by atoms with E-state index in [-0.39, 0.29) is 60.6 Å². The number of phosphoric acid groups is 1. The van der Waals surface area contributed by atoms with Crippen LogP contribution in [0.4, 0.5) is 17.3 Å². The second-order valence-electron chi connectivity index (χ2n) is 10.2. The molecular weight excluding hydrogens is 639 g/mol. The van der Waals surface area contributed by atoms with Crippen LogP contribution in [-0.2, 0) is 31.3 Å². The lowest BCUT2D eigenvalue weighted by Crippen LogP contribution is -2.16. The van der Waals surface area contributed by atoms with Gasteiger partial charge < -0.3 is 15.4 Å². The summed E-state index contributed by atoms with van der Waals surface area (Å²) in [6, 6.07) is 20.1. The monoisotopic (exact) mass is 672 g/mol. The molecule has 0 unspecified atom stereocenters. The van der Waals surface area contributed by atoms with Crippen LogP contribution < -0.4 is 20.9 Å². The number of carbonyl (C=O) groups excluding carboxylic acids is 2. The molecule has 0 amide bonds. The van der Waals surface area contributed by atoms with Crippen LogP contribution in [0.25, 0.3) is 11.2 Å². The highest BCUT2D eigenvalue weighted by atomic mass is 31.2. The number of anilines is 3. The number of para-hydroxylation sites is 1. The number of hydrogen-bond acceptors (Lipinski definition) is 13. The zero-order valence-corrected chi connectivity index (χ0v) is 27.3. The minimum Gasteiger partial charge on any atom is -0.423 e. The van der Waals surface area contributed by atoms with Gasteiger partial charge in [-0.1, -0.05) is 24.3 Å². The lowest BCUT2D eigenvalue weighted by atomic mass is 10.1. The van der Waals surface area contributed by atoms with Gasteiger partial charge in [0.1, 0.15) is 5.75 Å². The van der Waals surface area contributed by atoms with Crippen molar-refractivity contribution in [2.75, 3.05) is 23.8 Å². The summed E-state index contributed by atoms with van der Waals surface area (Å²) in [4.78, 5) is 53.3. The van der Waals surface area contributed by atoms with Crippen molar-refractivity contribution in [3.63, 3.8) is 0 Å². The van der Waals surface area contributed by atoms with Gasteiger partial charge in [-0.3, -0.25) is 28.1 Å². The van der Waals surface area contributed by atoms with Crippen molar-refractivity contribution >= 4 is 48.1 Å². The van der Waals surface area contributed by atoms with Gasteiger partial charge in [0.2, 0.25) is 5.95 Å². The van der Waals surface area contributed by atoms with Crippen molar-refractivity contribution in [3.05, 3.63) is 112 Å². The quantitative estimate of drug-likeness (QED) is 0.0496. The summed E-state index contributed by atoms with van der Waals surface area (Å²) in [6.07, 6.45) is 1.51. The molecular formula is C33H33N6O8P. The predicted octanol–water partition coefficient (Wildman–Crippen LogP) is 6.19. The first kappa shape index (κ1) is 34.1. The van der Waals surface area contributed by atoms with Gasteiger partial charge in [-0.15, -0.1) is 0 Å². The Labute approximate surface area is 275 Å². The molecule has 0 fully saturated rings. The number of aromatic nitrogens is 4. The van der Waals surface area contributed by atoms with Crippen LogP contribution >= 0.6 is 7.82 Å². The summed E-state index contributed by atoms with van der Waals surface area (Å²) in [6.45, 7) is 5.48. The number of rotatable bonds is 15. The number of fused-ring (bicyclic) bond motifs is 1. The van der Waals surface area contributed by atoms with E-state index in [2.05, 4.69) is 30.6 Å². The minimum absolute atomic E-state index is 0.0209. The zero-order chi connectivity index (χ0) is 34.1. The normalized spacial score (nSPS) is 11.3. The molecule has 0 aliphatic heterocycles. The van der Waals surface area contributed by atoms with Crippen molar-refractivity contribution in [1.29, 1.82) is 0 Å². The Kier molecular flexibility index (Phi) is 11.0. The molecule has 0 atom stereocenters. The van der Waals surface area contributed by atoms with Crippen LogP contribution in [0.1, 0.15) is 52.7 Å². The van der Waals surface area contributed by atoms with Crippen LogP contribution in [0.15, 0.2) is 83.8 Å². The fraction of sp³-hybridized carbons (Fsp3) is 0.212. The first-order valence-electron chi connectivity index (χ1n) is 15.0. The Morgan fingerprint density at radius 3 is 2.29 bits per heavy atom. The van der Waals surface area contributed by atoms with Crippen LogP contribution in [0.2, 0.25) is 0 Å². The summed E-state index contributed by atoms with van der Waals surface area (Å²) >= 11 is 0. The van der Waals surface area contributed by atoms with E-state index in [4.69, 9.17) is 18.3 Å². The maximum Gasteiger partial charge on any atom is 0.475 e. The van der Waals surface area contributed by atoms with E-state index in [9.17, 15) is 18.9 Å². The summed E-state index contributed by atoms with van der Waals surface area (Å²) in [5.74, 6) is -0.357. The maximum absolute atomic E-state index is 13.1. The fourth-order valence-corrected chi connectivity index (χ4v) is 5.57. The van der Waals surface area contributed by atoms with Crippen LogP contribution in [-0.4, -0.2) is 44.9 Å². The van der Waals surface area contributed by atoms with Gasteiger partial charge >= 0.3 is 13.8 Å². The summed E-state index contributed by atoms with van der Waals surface area (Å²) < 4.78 is 33.7. The molecule has 248 valence electrons. The molecule has 2 heterocycles. The SMILES string of the molecule is CCOP(=O)(OCC)OCc1ccc(OC(=O)c2ccccc2Nc2nc3ncc(CNc4ccc(C(C)=O)cc4)nc3c(=O)[nH]2)cc1. The zero-order valence-electron chi connectivity index (χ0n) is 26.4. The molecule has 0 aliphatic rings. The molecule has 0 spiro atoms. The van der Waals surface area contributed by atoms with Crippen molar-refractivity contribution < 1.29 is 32.5 Å². The number of nitrogens with zero attached hydrogens (tertiary/aromatic N) is 3. The Bertz CT molecular complexity index is 2010. The topological polar surface area (TPSA) is 184 Å². The van der Waals surface area contributed by atoms with Gasteiger partial charge in [0.15, 0.2) is 16.9 Å². The number of ketones is 1. The molecule has 5 rings (SSSR count). The van der Waals surface area contributed by atoms with Gasteiger partial charge in [0.05, 0.1) is 49.5 Å². The third kappa shape index (κ3) is 8.75. The number of benzene rings is 3. The lowest BCUT2D eigenvalue weighted by molar-refractivity contribution is 0.0735. The average molecular weight is 673 g/mol. The molecule has 3 aromatic carbocycles. The van der Waals surface area contributed by atoms with Crippen LogP contribution in [0.3, 0.4) is 0 Å². The Morgan fingerprint density at radius 1 is 0.896 bits per heavy atom. The van der Waals surface area contributed by atoms with Crippen molar-refractivity contribution in [2.24, 2.45) is 0 Å². The molecule has 0 bridgehead atoms. The van der Waals surface area contributed by atoms with Crippen molar-refractivity contribution in [1.82, 2.24) is 19.9 Å². The van der Waals surface area contributed by atoms with E-state index in [1.807, 2.05) is 0 Å². The molecule has 0 aliphatic carbocycles. The van der Waals surface area contributed by atoms with Gasteiger partial charge in [-0.2, -0.15) is 4.98 Å². The molecule has 48 heavy (non-hydrogen) atoms. The molecule has 0 saturated heterocycles. The minimum atomic E-state index is -3.67. The van der Waals surface area contributed by atoms with Crippen LogP contribution in [0.5, 0.6) is 5.75 Å². The maximum atomic E-state index is 13.1. The molecule has 5 aromatic rings. The molecule has 3 N–H and O–H groups in total. The number of nitrogens with one attached hydrogen (secondary N) is 3. The highest BCUT2D eigenvalue weighted by molar-refractivity contribution is 7.48. The molecule has 0 radical (unpaired) electrons. The van der Waals surface area contributed by atoms with E-state index in [1.54, 1.807) is 86.6 Å². The Morgan fingerprint density at radius 2 is 1.60 bits per heavy atom. The van der Waals surface area contributed by atoms with E-state index < -0.39 is 19.4 Å². The van der Waals surface area contributed by atoms with Gasteiger partial charge in [0, 0.05) is 11.3 Å². The van der Waals surface area contributed by atoms with E-state index in [0.717, 1.165) is 5.69 Å². The first-order chi connectivity index (χ1) is 23.2. The van der Waals surface area contributed by atoms with E-state index in [1.165, 1.54) is 13.1 Å². The third-order valence-electron chi connectivity index (χ3n) is 6.73. The largest absolute Gasteiger partial charge is 0.475 e. The smallest absolute Gasteiger partial charge is 0.423 e. The lowest BCUT2D eigenvalue weighted by Gasteiger charge is -2.16. The number of aromatic amines is 1. The van der Waals surface area contributed by atoms with E-state index in [0.29, 0.717) is 22.5 Å². The van der Waals surface area contributed by atoms with Crippen molar-refractivity contribution in [2.45, 2.75) is 33.9 Å². The number of carbonyl (C=O) groups is 2. The van der Waals surface area contributed by atoms with Gasteiger partial charge in [0.25, 0.3) is 5.56 Å². The second-order valence-corrected chi connectivity index (χ2v) is 11.9. The third-order valence-corrected chi connectivity index (χ3v) is 8.32. The number of esters is 1. The second kappa shape index (κ2) is 15.5. The van der Waals surface area contributed by atoms with Gasteiger partial charge in [-0.25, -0.2) is 19.3 Å². The summed E-state index contributed by atoms with van der Waals surface area (Å²) in [5.41, 5.74) is 2.72. The molecule has 15 heteroatoms. The van der Waals surface area contributed by atoms with Crippen LogP contribution in [0, 0.1) is 0 Å². The number of phosphoric ester groups is 1. The fourth-order valence-electron chi connectivity index (χ4n) is 4.41. The van der Waals surface area contributed by atoms with Gasteiger partial charge in [-0.05, 0) is 74.9 Å². The average Bonchev–Trinajstić information content (AvgIpc) is 3.08. The predicted molar refractivity (Wildman–Crippen MR) is 178 cm³/mol. The van der Waals surface area contributed by atoms with E-state index >= 15 is 0 Å². The molecule has 14 nitrogen and oxygen atoms in total. The number of H-pyrrole nitrogens is 1. The molecule has 0 saturated carbocycles. The number of ether oxygens (including phenoxy) is 1. The molecule has 2 aromatic heterocycles. The highest BCUT2D eigenvalue weighted by Crippen LogP contribution is 2.49. The first-order valence-corrected chi connectivity index (χ1v) is 16.4. The standard InChI is InChI=1S/C33H33N6O8P/c1-4-44-48(43,45-5-2)46-20-22-10-16-26(17-11-22)47-32(42)27-8-6-7-9-28(27)37-33-38-30-29(31(41)39-33)36-25(19-35-30)18-34-24-14-12-23(13-15-24)21(3)40/h6-17,19,34H,4-5,18,20H2,1-3H3,(H2,35,37,38,39,41). The Hall–Kier alpha value is -5.27. The highest BCUT2D eigenvalue weighted by Gasteiger charge is 2.25.